The van der Waals surface area contributed by atoms with E-state index in [0.29, 0.717) is 23.0 Å². The third kappa shape index (κ3) is 3.48. The zero-order valence-corrected chi connectivity index (χ0v) is 10.3. The summed E-state index contributed by atoms with van der Waals surface area (Å²) in [7, 11) is 0. The Kier molecular flexibility index (Phi) is 4.72. The van der Waals surface area contributed by atoms with Gasteiger partial charge in [0.05, 0.1) is 0 Å². The number of carbonyl (C=O) groups excluding carboxylic acids is 1. The molecule has 1 N–H and O–H groups in total. The third-order valence-corrected chi connectivity index (χ3v) is 2.37. The minimum Gasteiger partial charge on any atom is -0.351 e. The van der Waals surface area contributed by atoms with Crippen molar-refractivity contribution in [1.29, 1.82) is 0 Å². The van der Waals surface area contributed by atoms with Gasteiger partial charge in [-0.15, -0.1) is 11.6 Å². The smallest absolute Gasteiger partial charge is 0.251 e. The van der Waals surface area contributed by atoms with Gasteiger partial charge in [0, 0.05) is 27.5 Å². The summed E-state index contributed by atoms with van der Waals surface area (Å²) >= 11 is 14.5. The van der Waals surface area contributed by atoms with Crippen LogP contribution in [0, 0.1) is 0 Å². The van der Waals surface area contributed by atoms with Gasteiger partial charge in [-0.05, 0) is 18.2 Å². The molecule has 0 fully saturated rings. The average Bonchev–Trinajstić information content (AvgIpc) is 2.12. The molecule has 1 aromatic carbocycles. The molecule has 0 heterocycles. The van der Waals surface area contributed by atoms with Gasteiger partial charge < -0.3 is 5.32 Å². The number of benzene rings is 1. The normalized spacial score (nSPS) is 9.93. The van der Waals surface area contributed by atoms with Crippen molar-refractivity contribution >= 4 is 45.0 Å². The molecule has 0 atom stereocenters. The summed E-state index contributed by atoms with van der Waals surface area (Å²) in [5.74, 6) is 0.224. The number of nitrogens with one attached hydrogen (secondary N) is 1. The Morgan fingerprint density at radius 1 is 1.43 bits per heavy atom. The first-order chi connectivity index (χ1) is 6.63. The highest BCUT2D eigenvalue weighted by Crippen LogP contribution is 2.19. The Bertz CT molecular complexity index is 323. The minimum absolute atomic E-state index is 0.172. The zero-order valence-electron chi connectivity index (χ0n) is 7.19. The van der Waals surface area contributed by atoms with Crippen molar-refractivity contribution in [3.8, 4) is 0 Å². The largest absolute Gasteiger partial charge is 0.351 e. The van der Waals surface area contributed by atoms with Crippen LogP contribution in [-0.4, -0.2) is 18.3 Å². The van der Waals surface area contributed by atoms with E-state index in [1.54, 1.807) is 18.2 Å². The van der Waals surface area contributed by atoms with Crippen molar-refractivity contribution < 1.29 is 4.79 Å². The lowest BCUT2D eigenvalue weighted by Crippen LogP contribution is -2.25. The van der Waals surface area contributed by atoms with E-state index in [1.165, 1.54) is 0 Å². The summed E-state index contributed by atoms with van der Waals surface area (Å²) in [6, 6.07) is 5.03. The lowest BCUT2D eigenvalue weighted by Gasteiger charge is -2.03. The number of hydrogen-bond donors (Lipinski definition) is 1. The first-order valence-corrected chi connectivity index (χ1v) is 5.64. The Morgan fingerprint density at radius 3 is 2.71 bits per heavy atom. The van der Waals surface area contributed by atoms with Gasteiger partial charge in [-0.25, -0.2) is 0 Å². The van der Waals surface area contributed by atoms with Crippen LogP contribution in [0.25, 0.3) is 0 Å². The Labute approximate surface area is 101 Å². The van der Waals surface area contributed by atoms with Gasteiger partial charge >= 0.3 is 0 Å². The zero-order chi connectivity index (χ0) is 10.6. The van der Waals surface area contributed by atoms with Crippen LogP contribution in [0.2, 0.25) is 5.02 Å². The fraction of sp³-hybridized carbons (Fsp3) is 0.222. The topological polar surface area (TPSA) is 29.1 Å². The monoisotopic (exact) mass is 295 g/mol. The van der Waals surface area contributed by atoms with Gasteiger partial charge in [-0.1, -0.05) is 27.5 Å². The molecule has 2 nitrogen and oxygen atoms in total. The molecule has 1 rings (SSSR count). The Balaban J connectivity index is 2.79. The van der Waals surface area contributed by atoms with Crippen LogP contribution in [0.15, 0.2) is 22.7 Å². The Hall–Kier alpha value is -0.250. The Morgan fingerprint density at radius 2 is 2.14 bits per heavy atom. The molecule has 0 aliphatic heterocycles. The van der Waals surface area contributed by atoms with Crippen LogP contribution >= 0.6 is 39.1 Å². The molecular formula is C9H8BrCl2NO. The summed E-state index contributed by atoms with van der Waals surface area (Å²) in [5.41, 5.74) is 0.523. The van der Waals surface area contributed by atoms with E-state index in [9.17, 15) is 4.79 Å². The summed E-state index contributed by atoms with van der Waals surface area (Å²) in [5, 5.41) is 3.18. The van der Waals surface area contributed by atoms with Gasteiger partial charge in [0.25, 0.3) is 5.91 Å². The van der Waals surface area contributed by atoms with Gasteiger partial charge in [-0.3, -0.25) is 4.79 Å². The molecule has 0 bridgehead atoms. The van der Waals surface area contributed by atoms with Crippen LogP contribution in [0.1, 0.15) is 10.4 Å². The summed E-state index contributed by atoms with van der Waals surface area (Å²) in [4.78, 5) is 11.5. The number of halogens is 3. The molecule has 0 radical (unpaired) electrons. The third-order valence-electron chi connectivity index (χ3n) is 1.50. The quantitative estimate of drug-likeness (QED) is 0.854. The predicted molar refractivity (Wildman–Crippen MR) is 62.2 cm³/mol. The maximum Gasteiger partial charge on any atom is 0.251 e. The van der Waals surface area contributed by atoms with E-state index in [-0.39, 0.29) is 5.91 Å². The first-order valence-electron chi connectivity index (χ1n) is 3.93. The van der Waals surface area contributed by atoms with Gasteiger partial charge in [0.2, 0.25) is 0 Å². The van der Waals surface area contributed by atoms with E-state index in [2.05, 4.69) is 21.2 Å². The maximum atomic E-state index is 11.5. The van der Waals surface area contributed by atoms with Crippen molar-refractivity contribution in [1.82, 2.24) is 5.32 Å². The molecule has 0 unspecified atom stereocenters. The SMILES string of the molecule is O=C(NCCCl)c1cc(Cl)cc(Br)c1. The van der Waals surface area contributed by atoms with Crippen LogP contribution in [0.3, 0.4) is 0 Å². The first kappa shape index (κ1) is 11.8. The molecule has 1 aromatic rings. The highest BCUT2D eigenvalue weighted by Gasteiger charge is 2.06. The molecule has 14 heavy (non-hydrogen) atoms. The van der Waals surface area contributed by atoms with Crippen LogP contribution in [-0.2, 0) is 0 Å². The lowest BCUT2D eigenvalue weighted by atomic mass is 10.2. The minimum atomic E-state index is -0.172. The van der Waals surface area contributed by atoms with E-state index < -0.39 is 0 Å². The van der Waals surface area contributed by atoms with Gasteiger partial charge in [-0.2, -0.15) is 0 Å². The summed E-state index contributed by atoms with van der Waals surface area (Å²) < 4.78 is 0.779. The second kappa shape index (κ2) is 5.59. The number of amides is 1. The van der Waals surface area contributed by atoms with Crippen molar-refractivity contribution in [2.75, 3.05) is 12.4 Å². The van der Waals surface area contributed by atoms with E-state index in [1.807, 2.05) is 0 Å². The molecule has 0 aliphatic rings. The van der Waals surface area contributed by atoms with Gasteiger partial charge in [0.1, 0.15) is 0 Å². The predicted octanol–water partition coefficient (Wildman–Crippen LogP) is 3.07. The molecule has 0 aromatic heterocycles. The standard InChI is InChI=1S/C9H8BrCl2NO/c10-7-3-6(4-8(12)5-7)9(14)13-2-1-11/h3-5H,1-2H2,(H,13,14). The summed E-state index contributed by atoms with van der Waals surface area (Å²) in [6.07, 6.45) is 0. The lowest BCUT2D eigenvalue weighted by molar-refractivity contribution is 0.0956. The van der Waals surface area contributed by atoms with E-state index in [4.69, 9.17) is 23.2 Å². The fourth-order valence-corrected chi connectivity index (χ4v) is 1.90. The molecule has 0 saturated carbocycles. The van der Waals surface area contributed by atoms with E-state index >= 15 is 0 Å². The van der Waals surface area contributed by atoms with Crippen LogP contribution in [0.5, 0.6) is 0 Å². The van der Waals surface area contributed by atoms with Crippen LogP contribution in [0.4, 0.5) is 0 Å². The number of hydrogen-bond acceptors (Lipinski definition) is 1. The molecule has 0 saturated heterocycles. The number of carbonyl (C=O) groups is 1. The van der Waals surface area contributed by atoms with Crippen LogP contribution < -0.4 is 5.32 Å². The maximum absolute atomic E-state index is 11.5. The van der Waals surface area contributed by atoms with Gasteiger partial charge in [0.15, 0.2) is 0 Å². The van der Waals surface area contributed by atoms with Crippen molar-refractivity contribution in [3.05, 3.63) is 33.3 Å². The molecule has 0 aliphatic carbocycles. The average molecular weight is 297 g/mol. The summed E-state index contributed by atoms with van der Waals surface area (Å²) in [6.45, 7) is 0.449. The second-order valence-corrected chi connectivity index (χ2v) is 4.33. The van der Waals surface area contributed by atoms with Crippen molar-refractivity contribution in [3.63, 3.8) is 0 Å². The highest BCUT2D eigenvalue weighted by atomic mass is 79.9. The van der Waals surface area contributed by atoms with Crippen molar-refractivity contribution in [2.45, 2.75) is 0 Å². The second-order valence-electron chi connectivity index (χ2n) is 2.60. The molecular weight excluding hydrogens is 289 g/mol. The molecule has 5 heteroatoms. The van der Waals surface area contributed by atoms with E-state index in [0.717, 1.165) is 4.47 Å². The fourth-order valence-electron chi connectivity index (χ4n) is 0.948. The highest BCUT2D eigenvalue weighted by molar-refractivity contribution is 9.10. The number of rotatable bonds is 3. The molecule has 1 amide bonds. The van der Waals surface area contributed by atoms with Crippen molar-refractivity contribution in [2.24, 2.45) is 0 Å². The number of alkyl halides is 1. The molecule has 0 spiro atoms. The molecule has 76 valence electrons.